The van der Waals surface area contributed by atoms with Crippen LogP contribution in [0.2, 0.25) is 0 Å². The van der Waals surface area contributed by atoms with Crippen molar-refractivity contribution in [3.8, 4) is 0 Å². The minimum atomic E-state index is -0.248. The zero-order chi connectivity index (χ0) is 9.19. The van der Waals surface area contributed by atoms with Crippen molar-refractivity contribution >= 4 is 5.84 Å². The van der Waals surface area contributed by atoms with E-state index in [1.54, 1.807) is 6.20 Å². The Labute approximate surface area is 70.7 Å². The third-order valence-electron chi connectivity index (χ3n) is 1.41. The normalized spacial score (nSPS) is 13.4. The van der Waals surface area contributed by atoms with Gasteiger partial charge in [-0.05, 0) is 0 Å². The molecule has 0 bridgehead atoms. The molecule has 1 aromatic rings. The van der Waals surface area contributed by atoms with Gasteiger partial charge in [0.05, 0.1) is 12.4 Å². The molecule has 0 aliphatic heterocycles. The first kappa shape index (κ1) is 8.70. The minimum absolute atomic E-state index is 0.248. The summed E-state index contributed by atoms with van der Waals surface area (Å²) in [6, 6.07) is 0. The molecule has 0 aliphatic rings. The molecule has 0 radical (unpaired) electrons. The van der Waals surface area contributed by atoms with E-state index in [1.165, 1.54) is 10.9 Å². The molecule has 0 spiro atoms. The lowest BCUT2D eigenvalue weighted by atomic mass is 9.95. The molecule has 1 heterocycles. The van der Waals surface area contributed by atoms with E-state index >= 15 is 0 Å². The summed E-state index contributed by atoms with van der Waals surface area (Å²) in [6.07, 6.45) is 3.18. The van der Waals surface area contributed by atoms with E-state index in [4.69, 9.17) is 5.21 Å². The van der Waals surface area contributed by atoms with E-state index in [0.29, 0.717) is 5.84 Å². The Balaban J connectivity index is 3.01. The first-order valence-corrected chi connectivity index (χ1v) is 3.65. The van der Waals surface area contributed by atoms with Crippen LogP contribution in [0.4, 0.5) is 0 Å². The van der Waals surface area contributed by atoms with Gasteiger partial charge in [0.2, 0.25) is 0 Å². The minimum Gasteiger partial charge on any atom is -0.409 e. The second kappa shape index (κ2) is 2.92. The second-order valence-electron chi connectivity index (χ2n) is 3.52. The van der Waals surface area contributed by atoms with Gasteiger partial charge >= 0.3 is 0 Å². The zero-order valence-electron chi connectivity index (χ0n) is 7.39. The van der Waals surface area contributed by atoms with E-state index in [9.17, 15) is 0 Å². The molecule has 1 aromatic heterocycles. The van der Waals surface area contributed by atoms with Crippen LogP contribution in [0.25, 0.3) is 0 Å². The van der Waals surface area contributed by atoms with E-state index in [2.05, 4.69) is 15.5 Å². The highest BCUT2D eigenvalue weighted by Gasteiger charge is 2.22. The molecule has 0 saturated heterocycles. The maximum atomic E-state index is 8.73. The molecule has 0 saturated carbocycles. The molecule has 1 N–H and O–H groups in total. The Morgan fingerprint density at radius 3 is 2.50 bits per heavy atom. The smallest absolute Gasteiger partial charge is 0.175 e. The molecule has 5 nitrogen and oxygen atoms in total. The predicted molar refractivity (Wildman–Crippen MR) is 44.1 cm³/mol. The van der Waals surface area contributed by atoms with Gasteiger partial charge in [-0.3, -0.25) is 0 Å². The summed E-state index contributed by atoms with van der Waals surface area (Å²) in [7, 11) is 0. The molecule has 0 aliphatic carbocycles. The summed E-state index contributed by atoms with van der Waals surface area (Å²) < 4.78 is 1.44. The van der Waals surface area contributed by atoms with Gasteiger partial charge in [-0.15, -0.1) is 5.10 Å². The molecule has 0 amide bonds. The Bertz CT molecular complexity index is 270. The van der Waals surface area contributed by atoms with E-state index in [-0.39, 0.29) is 5.41 Å². The summed E-state index contributed by atoms with van der Waals surface area (Å²) in [5, 5.41) is 19.3. The van der Waals surface area contributed by atoms with Crippen molar-refractivity contribution in [1.29, 1.82) is 0 Å². The van der Waals surface area contributed by atoms with Crippen LogP contribution in [0.1, 0.15) is 20.8 Å². The molecule has 0 aromatic carbocycles. The Morgan fingerprint density at radius 2 is 2.17 bits per heavy atom. The van der Waals surface area contributed by atoms with Crippen LogP contribution in [-0.2, 0) is 0 Å². The monoisotopic (exact) mass is 168 g/mol. The first-order chi connectivity index (χ1) is 5.55. The quantitative estimate of drug-likeness (QED) is 0.271. The SMILES string of the molecule is CC(C)(C)/C(=N/O)n1ccnn1. The third kappa shape index (κ3) is 1.61. The molecular formula is C7H12N4O. The summed E-state index contributed by atoms with van der Waals surface area (Å²) in [5.41, 5.74) is -0.248. The van der Waals surface area contributed by atoms with Crippen LogP contribution in [0, 0.1) is 5.41 Å². The lowest BCUT2D eigenvalue weighted by molar-refractivity contribution is 0.306. The highest BCUT2D eigenvalue weighted by molar-refractivity contribution is 5.87. The van der Waals surface area contributed by atoms with Crippen molar-refractivity contribution in [3.63, 3.8) is 0 Å². The van der Waals surface area contributed by atoms with Crippen molar-refractivity contribution in [2.24, 2.45) is 10.6 Å². The van der Waals surface area contributed by atoms with Crippen molar-refractivity contribution in [2.45, 2.75) is 20.8 Å². The van der Waals surface area contributed by atoms with Crippen molar-refractivity contribution in [2.75, 3.05) is 0 Å². The largest absolute Gasteiger partial charge is 0.409 e. The number of aromatic nitrogens is 3. The molecule has 5 heteroatoms. The van der Waals surface area contributed by atoms with Crippen LogP contribution >= 0.6 is 0 Å². The van der Waals surface area contributed by atoms with Gasteiger partial charge in [-0.1, -0.05) is 31.1 Å². The lowest BCUT2D eigenvalue weighted by Crippen LogP contribution is -2.28. The number of oxime groups is 1. The zero-order valence-corrected chi connectivity index (χ0v) is 7.39. The second-order valence-corrected chi connectivity index (χ2v) is 3.52. The Morgan fingerprint density at radius 1 is 1.50 bits per heavy atom. The molecule has 0 fully saturated rings. The molecule has 1 rings (SSSR count). The topological polar surface area (TPSA) is 63.3 Å². The maximum Gasteiger partial charge on any atom is 0.175 e. The molecular weight excluding hydrogens is 156 g/mol. The standard InChI is InChI=1S/C7H12N4O/c1-7(2,3)6(9-12)11-5-4-8-10-11/h4-5,12H,1-3H3/b9-6-. The Kier molecular flexibility index (Phi) is 2.12. The fraction of sp³-hybridized carbons (Fsp3) is 0.571. The van der Waals surface area contributed by atoms with Crippen LogP contribution < -0.4 is 0 Å². The van der Waals surface area contributed by atoms with Crippen LogP contribution in [0.15, 0.2) is 17.5 Å². The summed E-state index contributed by atoms with van der Waals surface area (Å²) in [6.45, 7) is 5.80. The van der Waals surface area contributed by atoms with Crippen LogP contribution in [-0.4, -0.2) is 26.0 Å². The average Bonchev–Trinajstić information content (AvgIpc) is 2.38. The first-order valence-electron chi connectivity index (χ1n) is 3.65. The summed E-state index contributed by atoms with van der Waals surface area (Å²) in [5.74, 6) is 0.472. The van der Waals surface area contributed by atoms with Gasteiger partial charge in [-0.2, -0.15) is 0 Å². The predicted octanol–water partition coefficient (Wildman–Crippen LogP) is 0.960. The molecule has 0 atom stereocenters. The highest BCUT2D eigenvalue weighted by Crippen LogP contribution is 2.16. The fourth-order valence-electron chi connectivity index (χ4n) is 0.861. The number of nitrogens with zero attached hydrogens (tertiary/aromatic N) is 4. The van der Waals surface area contributed by atoms with Crippen molar-refractivity contribution in [3.05, 3.63) is 12.4 Å². The lowest BCUT2D eigenvalue weighted by Gasteiger charge is -2.18. The van der Waals surface area contributed by atoms with Crippen LogP contribution in [0.3, 0.4) is 0 Å². The summed E-state index contributed by atoms with van der Waals surface area (Å²) >= 11 is 0. The van der Waals surface area contributed by atoms with Gasteiger partial charge in [0.1, 0.15) is 0 Å². The molecule has 0 unspecified atom stereocenters. The average molecular weight is 168 g/mol. The van der Waals surface area contributed by atoms with Gasteiger partial charge in [-0.25, -0.2) is 4.68 Å². The van der Waals surface area contributed by atoms with Gasteiger partial charge in [0, 0.05) is 5.41 Å². The number of rotatable bonds is 0. The molecule has 66 valence electrons. The third-order valence-corrected chi connectivity index (χ3v) is 1.41. The van der Waals surface area contributed by atoms with Crippen molar-refractivity contribution < 1.29 is 5.21 Å². The van der Waals surface area contributed by atoms with Crippen LogP contribution in [0.5, 0.6) is 0 Å². The highest BCUT2D eigenvalue weighted by atomic mass is 16.4. The summed E-state index contributed by atoms with van der Waals surface area (Å²) in [4.78, 5) is 0. The fourth-order valence-corrected chi connectivity index (χ4v) is 0.861. The number of hydrogen-bond donors (Lipinski definition) is 1. The maximum absolute atomic E-state index is 8.73. The number of hydrogen-bond acceptors (Lipinski definition) is 4. The Hall–Kier alpha value is -1.39. The van der Waals surface area contributed by atoms with Gasteiger partial charge in [0.25, 0.3) is 0 Å². The van der Waals surface area contributed by atoms with Gasteiger partial charge < -0.3 is 5.21 Å². The van der Waals surface area contributed by atoms with Gasteiger partial charge in [0.15, 0.2) is 5.84 Å². The van der Waals surface area contributed by atoms with Crippen molar-refractivity contribution in [1.82, 2.24) is 15.0 Å². The molecule has 12 heavy (non-hydrogen) atoms. The van der Waals surface area contributed by atoms with E-state index in [1.807, 2.05) is 20.8 Å². The van der Waals surface area contributed by atoms with E-state index < -0.39 is 0 Å². The van der Waals surface area contributed by atoms with E-state index in [0.717, 1.165) is 0 Å².